The fourth-order valence-corrected chi connectivity index (χ4v) is 2.90. The first-order valence-corrected chi connectivity index (χ1v) is 6.88. The number of hydrogen-bond donors (Lipinski definition) is 1. The topological polar surface area (TPSA) is 38.9 Å². The van der Waals surface area contributed by atoms with Crippen LogP contribution in [0.2, 0.25) is 0 Å². The van der Waals surface area contributed by atoms with Gasteiger partial charge in [-0.3, -0.25) is 4.98 Å². The van der Waals surface area contributed by atoms with E-state index in [9.17, 15) is 4.39 Å². The zero-order valence-corrected chi connectivity index (χ0v) is 11.2. The second-order valence-electron chi connectivity index (χ2n) is 4.58. The average Bonchev–Trinajstić information content (AvgIpc) is 2.88. The van der Waals surface area contributed by atoms with Crippen LogP contribution in [0.15, 0.2) is 41.9 Å². The average molecular weight is 272 g/mol. The Hall–Kier alpha value is -1.78. The Bertz CT molecular complexity index is 736. The maximum Gasteiger partial charge on any atom is 0.128 e. The van der Waals surface area contributed by atoms with Crippen molar-refractivity contribution in [3.8, 4) is 0 Å². The molecule has 3 rings (SSSR count). The van der Waals surface area contributed by atoms with E-state index >= 15 is 0 Å². The molecule has 0 radical (unpaired) electrons. The molecule has 2 aromatic heterocycles. The van der Waals surface area contributed by atoms with Crippen LogP contribution in [-0.2, 0) is 0 Å². The van der Waals surface area contributed by atoms with Crippen molar-refractivity contribution in [3.05, 3.63) is 64.4 Å². The van der Waals surface area contributed by atoms with E-state index in [0.717, 1.165) is 21.3 Å². The minimum atomic E-state index is -0.487. The highest BCUT2D eigenvalue weighted by Crippen LogP contribution is 2.27. The first-order valence-electron chi connectivity index (χ1n) is 6.00. The zero-order valence-electron chi connectivity index (χ0n) is 10.4. The zero-order chi connectivity index (χ0) is 13.4. The molecule has 19 heavy (non-hydrogen) atoms. The lowest BCUT2D eigenvalue weighted by atomic mass is 9.99. The van der Waals surface area contributed by atoms with E-state index < -0.39 is 6.04 Å². The first-order chi connectivity index (χ1) is 9.15. The van der Waals surface area contributed by atoms with Gasteiger partial charge in [0.2, 0.25) is 0 Å². The molecule has 3 aromatic rings. The summed E-state index contributed by atoms with van der Waals surface area (Å²) in [5, 5.41) is 1.99. The van der Waals surface area contributed by atoms with Crippen LogP contribution in [0.5, 0.6) is 0 Å². The van der Waals surface area contributed by atoms with E-state index in [1.807, 2.05) is 24.4 Å². The van der Waals surface area contributed by atoms with Gasteiger partial charge in [0.25, 0.3) is 0 Å². The monoisotopic (exact) mass is 272 g/mol. The Morgan fingerprint density at radius 2 is 2.11 bits per heavy atom. The molecule has 0 aliphatic carbocycles. The summed E-state index contributed by atoms with van der Waals surface area (Å²) >= 11 is 1.61. The van der Waals surface area contributed by atoms with Gasteiger partial charge in [-0.05, 0) is 36.1 Å². The van der Waals surface area contributed by atoms with Crippen LogP contribution in [0.25, 0.3) is 10.2 Å². The number of hydrogen-bond acceptors (Lipinski definition) is 3. The minimum absolute atomic E-state index is 0.274. The van der Waals surface area contributed by atoms with Gasteiger partial charge in [-0.1, -0.05) is 17.7 Å². The summed E-state index contributed by atoms with van der Waals surface area (Å²) < 4.78 is 14.9. The van der Waals surface area contributed by atoms with Crippen molar-refractivity contribution in [1.82, 2.24) is 4.98 Å². The SMILES string of the molecule is Cc1ccc(F)c(C(N)c2cnc3ccsc3c2)c1. The Morgan fingerprint density at radius 1 is 1.26 bits per heavy atom. The fourth-order valence-electron chi connectivity index (χ4n) is 2.11. The largest absolute Gasteiger partial charge is 0.320 e. The molecule has 0 saturated heterocycles. The molecule has 0 saturated carbocycles. The molecule has 0 aliphatic heterocycles. The summed E-state index contributed by atoms with van der Waals surface area (Å²) in [6.45, 7) is 1.93. The van der Waals surface area contributed by atoms with Crippen LogP contribution in [0.4, 0.5) is 4.39 Å². The van der Waals surface area contributed by atoms with Gasteiger partial charge in [0.05, 0.1) is 16.3 Å². The Labute approximate surface area is 114 Å². The molecule has 2 nitrogen and oxygen atoms in total. The summed E-state index contributed by atoms with van der Waals surface area (Å²) in [4.78, 5) is 4.35. The molecule has 1 unspecified atom stereocenters. The van der Waals surface area contributed by atoms with Gasteiger partial charge in [0.15, 0.2) is 0 Å². The molecule has 4 heteroatoms. The smallest absolute Gasteiger partial charge is 0.128 e. The highest BCUT2D eigenvalue weighted by atomic mass is 32.1. The van der Waals surface area contributed by atoms with Crippen LogP contribution in [0, 0.1) is 12.7 Å². The predicted octanol–water partition coefficient (Wildman–Crippen LogP) is 3.79. The number of nitrogens with zero attached hydrogens (tertiary/aromatic N) is 1. The quantitative estimate of drug-likeness (QED) is 0.770. The number of rotatable bonds is 2. The van der Waals surface area contributed by atoms with Gasteiger partial charge in [-0.15, -0.1) is 11.3 Å². The summed E-state index contributed by atoms with van der Waals surface area (Å²) in [7, 11) is 0. The summed E-state index contributed by atoms with van der Waals surface area (Å²) in [5.41, 5.74) is 9.46. The predicted molar refractivity (Wildman–Crippen MR) is 76.8 cm³/mol. The van der Waals surface area contributed by atoms with E-state index in [1.54, 1.807) is 29.7 Å². The van der Waals surface area contributed by atoms with Crippen LogP contribution in [0.3, 0.4) is 0 Å². The summed E-state index contributed by atoms with van der Waals surface area (Å²) in [5.74, 6) is -0.274. The van der Waals surface area contributed by atoms with E-state index in [2.05, 4.69) is 4.98 Å². The maximum atomic E-state index is 13.9. The van der Waals surface area contributed by atoms with Crippen molar-refractivity contribution in [2.24, 2.45) is 5.73 Å². The van der Waals surface area contributed by atoms with Crippen molar-refractivity contribution in [3.63, 3.8) is 0 Å². The van der Waals surface area contributed by atoms with Gasteiger partial charge in [0, 0.05) is 11.8 Å². The molecule has 2 heterocycles. The van der Waals surface area contributed by atoms with Gasteiger partial charge in [-0.25, -0.2) is 4.39 Å². The molecular formula is C15H13FN2S. The summed E-state index contributed by atoms with van der Waals surface area (Å²) in [6, 6.07) is 8.45. The van der Waals surface area contributed by atoms with Gasteiger partial charge in [-0.2, -0.15) is 0 Å². The van der Waals surface area contributed by atoms with Crippen LogP contribution in [-0.4, -0.2) is 4.98 Å². The lowest BCUT2D eigenvalue weighted by molar-refractivity contribution is 0.599. The number of pyridine rings is 1. The lowest BCUT2D eigenvalue weighted by Crippen LogP contribution is -2.14. The molecule has 96 valence electrons. The fraction of sp³-hybridized carbons (Fsp3) is 0.133. The van der Waals surface area contributed by atoms with Crippen LogP contribution < -0.4 is 5.73 Å². The molecule has 0 bridgehead atoms. The molecule has 0 aliphatic rings. The molecule has 0 amide bonds. The number of aryl methyl sites for hydroxylation is 1. The highest BCUT2D eigenvalue weighted by molar-refractivity contribution is 7.17. The third-order valence-corrected chi connectivity index (χ3v) is 4.02. The molecule has 1 aromatic carbocycles. The minimum Gasteiger partial charge on any atom is -0.320 e. The Balaban J connectivity index is 2.07. The lowest BCUT2D eigenvalue weighted by Gasteiger charge is -2.14. The second kappa shape index (κ2) is 4.72. The Morgan fingerprint density at radius 3 is 2.95 bits per heavy atom. The molecule has 0 fully saturated rings. The highest BCUT2D eigenvalue weighted by Gasteiger charge is 2.15. The number of halogens is 1. The van der Waals surface area contributed by atoms with Crippen molar-refractivity contribution < 1.29 is 4.39 Å². The van der Waals surface area contributed by atoms with Crippen molar-refractivity contribution in [2.75, 3.05) is 0 Å². The standard InChI is InChI=1S/C15H13FN2S/c1-9-2-3-12(16)11(6-9)15(17)10-7-14-13(18-8-10)4-5-19-14/h2-8,15H,17H2,1H3. The molecular weight excluding hydrogens is 259 g/mol. The van der Waals surface area contributed by atoms with Crippen LogP contribution in [0.1, 0.15) is 22.7 Å². The molecule has 0 spiro atoms. The van der Waals surface area contributed by atoms with Crippen molar-refractivity contribution >= 4 is 21.6 Å². The molecule has 2 N–H and O–H groups in total. The van der Waals surface area contributed by atoms with Gasteiger partial charge >= 0.3 is 0 Å². The van der Waals surface area contributed by atoms with Gasteiger partial charge < -0.3 is 5.73 Å². The van der Waals surface area contributed by atoms with Gasteiger partial charge in [0.1, 0.15) is 5.82 Å². The van der Waals surface area contributed by atoms with E-state index in [0.29, 0.717) is 5.56 Å². The maximum absolute atomic E-state index is 13.9. The van der Waals surface area contributed by atoms with Crippen molar-refractivity contribution in [1.29, 1.82) is 0 Å². The number of benzene rings is 1. The number of aromatic nitrogens is 1. The van der Waals surface area contributed by atoms with Crippen molar-refractivity contribution in [2.45, 2.75) is 13.0 Å². The van der Waals surface area contributed by atoms with Crippen LogP contribution >= 0.6 is 11.3 Å². The third kappa shape index (κ3) is 2.25. The van der Waals surface area contributed by atoms with E-state index in [1.165, 1.54) is 6.07 Å². The molecule has 1 atom stereocenters. The first kappa shape index (κ1) is 12.3. The number of fused-ring (bicyclic) bond motifs is 1. The normalized spacial score (nSPS) is 12.8. The Kier molecular flexibility index (Phi) is 3.05. The third-order valence-electron chi connectivity index (χ3n) is 3.17. The second-order valence-corrected chi connectivity index (χ2v) is 5.52. The van der Waals surface area contributed by atoms with E-state index in [4.69, 9.17) is 5.73 Å². The summed E-state index contributed by atoms with van der Waals surface area (Å²) in [6.07, 6.45) is 1.72. The number of nitrogens with two attached hydrogens (primary N) is 1. The van der Waals surface area contributed by atoms with E-state index in [-0.39, 0.29) is 5.82 Å². The number of thiophene rings is 1.